The van der Waals surface area contributed by atoms with Crippen molar-refractivity contribution in [3.63, 3.8) is 0 Å². The summed E-state index contributed by atoms with van der Waals surface area (Å²) in [5.41, 5.74) is 4.44. The van der Waals surface area contributed by atoms with Gasteiger partial charge in [-0.3, -0.25) is 9.69 Å². The number of aromatic nitrogens is 1. The summed E-state index contributed by atoms with van der Waals surface area (Å²) >= 11 is 1.59. The number of likely N-dealkylation sites (N-methyl/N-ethyl adjacent to an activating group) is 1. The van der Waals surface area contributed by atoms with Crippen molar-refractivity contribution in [3.05, 3.63) is 65.2 Å². The van der Waals surface area contributed by atoms with Gasteiger partial charge in [-0.25, -0.2) is 4.98 Å². The van der Waals surface area contributed by atoms with Crippen LogP contribution >= 0.6 is 23.7 Å². The first kappa shape index (κ1) is 24.1. The van der Waals surface area contributed by atoms with E-state index in [9.17, 15) is 4.79 Å². The third kappa shape index (κ3) is 5.91. The van der Waals surface area contributed by atoms with Crippen LogP contribution in [0.1, 0.15) is 30.5 Å². The first-order chi connectivity index (χ1) is 14.0. The van der Waals surface area contributed by atoms with Gasteiger partial charge in [0.05, 0.1) is 10.2 Å². The minimum atomic E-state index is -0.0338. The van der Waals surface area contributed by atoms with Gasteiger partial charge < -0.3 is 4.90 Å². The summed E-state index contributed by atoms with van der Waals surface area (Å²) in [4.78, 5) is 22.0. The Hall–Kier alpha value is -2.21. The molecule has 1 heterocycles. The maximum atomic E-state index is 13.1. The van der Waals surface area contributed by atoms with Gasteiger partial charge in [0.1, 0.15) is 0 Å². The van der Waals surface area contributed by atoms with Gasteiger partial charge in [0.25, 0.3) is 5.91 Å². The molecule has 30 heavy (non-hydrogen) atoms. The Balaban J connectivity index is 0.00000320. The second-order valence-corrected chi connectivity index (χ2v) is 8.17. The van der Waals surface area contributed by atoms with Crippen LogP contribution in [-0.4, -0.2) is 42.0 Å². The standard InChI is InChI=1S/C24H29N3OS.ClH/c1-5-26(6-2)14-15-27(23(28)13-12-20-10-8-7-9-11-20)24-25-21-16-18(3)19(4)17-22(21)29-24;/h7-13,16-17H,5-6,14-15H2,1-4H3;1H. The number of thiazole rings is 1. The van der Waals surface area contributed by atoms with Crippen molar-refractivity contribution in [2.45, 2.75) is 27.7 Å². The van der Waals surface area contributed by atoms with E-state index in [2.05, 4.69) is 44.7 Å². The molecule has 1 amide bonds. The van der Waals surface area contributed by atoms with E-state index in [-0.39, 0.29) is 18.3 Å². The molecule has 3 rings (SSSR count). The number of nitrogens with zero attached hydrogens (tertiary/aromatic N) is 3. The average Bonchev–Trinajstić information content (AvgIpc) is 3.12. The van der Waals surface area contributed by atoms with Crippen LogP contribution in [0.2, 0.25) is 0 Å². The number of fused-ring (bicyclic) bond motifs is 1. The molecule has 2 aromatic carbocycles. The SMILES string of the molecule is CCN(CC)CCN(C(=O)C=Cc1ccccc1)c1nc2cc(C)c(C)cc2s1.Cl. The minimum absolute atomic E-state index is 0. The van der Waals surface area contributed by atoms with Gasteiger partial charge in [-0.05, 0) is 61.8 Å². The van der Waals surface area contributed by atoms with Crippen LogP contribution in [0.25, 0.3) is 16.3 Å². The van der Waals surface area contributed by atoms with Crippen LogP contribution in [-0.2, 0) is 4.79 Å². The summed E-state index contributed by atoms with van der Waals surface area (Å²) in [6.45, 7) is 11.9. The van der Waals surface area contributed by atoms with E-state index in [1.807, 2.05) is 41.3 Å². The zero-order chi connectivity index (χ0) is 20.8. The molecule has 0 fully saturated rings. The van der Waals surface area contributed by atoms with Gasteiger partial charge in [0.2, 0.25) is 0 Å². The maximum Gasteiger partial charge on any atom is 0.252 e. The second-order valence-electron chi connectivity index (χ2n) is 7.16. The molecule has 0 spiro atoms. The van der Waals surface area contributed by atoms with Crippen LogP contribution in [0.15, 0.2) is 48.5 Å². The Morgan fingerprint density at radius 1 is 1.03 bits per heavy atom. The first-order valence-corrected chi connectivity index (χ1v) is 11.0. The fraction of sp³-hybridized carbons (Fsp3) is 0.333. The number of carbonyl (C=O) groups excluding carboxylic acids is 1. The summed E-state index contributed by atoms with van der Waals surface area (Å²) in [6.07, 6.45) is 3.52. The van der Waals surface area contributed by atoms with Crippen LogP contribution in [0.3, 0.4) is 0 Å². The summed E-state index contributed by atoms with van der Waals surface area (Å²) < 4.78 is 1.12. The summed E-state index contributed by atoms with van der Waals surface area (Å²) in [5.74, 6) is -0.0338. The quantitative estimate of drug-likeness (QED) is 0.417. The van der Waals surface area contributed by atoms with E-state index in [1.54, 1.807) is 17.4 Å². The summed E-state index contributed by atoms with van der Waals surface area (Å²) in [5, 5.41) is 0.764. The Kier molecular flexibility index (Phi) is 9.03. The van der Waals surface area contributed by atoms with Crippen molar-refractivity contribution < 1.29 is 4.79 Å². The van der Waals surface area contributed by atoms with Crippen molar-refractivity contribution in [3.8, 4) is 0 Å². The van der Waals surface area contributed by atoms with Crippen LogP contribution in [0.4, 0.5) is 5.13 Å². The number of rotatable bonds is 8. The van der Waals surface area contributed by atoms with Gasteiger partial charge in [-0.2, -0.15) is 0 Å². The number of anilines is 1. The topological polar surface area (TPSA) is 36.4 Å². The third-order valence-corrected chi connectivity index (χ3v) is 6.28. The lowest BCUT2D eigenvalue weighted by molar-refractivity contribution is -0.114. The molecule has 0 aliphatic carbocycles. The molecule has 6 heteroatoms. The Morgan fingerprint density at radius 3 is 2.37 bits per heavy atom. The smallest absolute Gasteiger partial charge is 0.252 e. The Morgan fingerprint density at radius 2 is 1.70 bits per heavy atom. The Labute approximate surface area is 189 Å². The number of carbonyl (C=O) groups is 1. The predicted octanol–water partition coefficient (Wildman–Crippen LogP) is 5.72. The molecular weight excluding hydrogens is 414 g/mol. The van der Waals surface area contributed by atoms with Crippen molar-refractivity contribution in [2.75, 3.05) is 31.1 Å². The van der Waals surface area contributed by atoms with Gasteiger partial charge in [-0.1, -0.05) is 55.5 Å². The molecule has 160 valence electrons. The fourth-order valence-electron chi connectivity index (χ4n) is 3.19. The van der Waals surface area contributed by atoms with Gasteiger partial charge in [-0.15, -0.1) is 12.4 Å². The zero-order valence-electron chi connectivity index (χ0n) is 18.1. The molecule has 0 atom stereocenters. The monoisotopic (exact) mass is 443 g/mol. The summed E-state index contributed by atoms with van der Waals surface area (Å²) in [6, 6.07) is 14.2. The maximum absolute atomic E-state index is 13.1. The molecule has 1 aromatic heterocycles. The van der Waals surface area contributed by atoms with Gasteiger partial charge in [0, 0.05) is 19.2 Å². The van der Waals surface area contributed by atoms with Crippen LogP contribution in [0.5, 0.6) is 0 Å². The molecular formula is C24H30ClN3OS. The highest BCUT2D eigenvalue weighted by atomic mass is 35.5. The molecule has 4 nitrogen and oxygen atoms in total. The predicted molar refractivity (Wildman–Crippen MR) is 132 cm³/mol. The van der Waals surface area contributed by atoms with Crippen LogP contribution < -0.4 is 4.90 Å². The van der Waals surface area contributed by atoms with Crippen molar-refractivity contribution in [1.82, 2.24) is 9.88 Å². The number of hydrogen-bond donors (Lipinski definition) is 0. The highest BCUT2D eigenvalue weighted by molar-refractivity contribution is 7.22. The van der Waals surface area contributed by atoms with Crippen molar-refractivity contribution in [1.29, 1.82) is 0 Å². The molecule has 3 aromatic rings. The van der Waals surface area contributed by atoms with E-state index in [1.165, 1.54) is 11.1 Å². The molecule has 0 unspecified atom stereocenters. The van der Waals surface area contributed by atoms with E-state index in [0.717, 1.165) is 40.5 Å². The van der Waals surface area contributed by atoms with Crippen molar-refractivity contribution in [2.24, 2.45) is 0 Å². The lowest BCUT2D eigenvalue weighted by atomic mass is 10.1. The average molecular weight is 444 g/mol. The highest BCUT2D eigenvalue weighted by Crippen LogP contribution is 2.31. The van der Waals surface area contributed by atoms with E-state index in [0.29, 0.717) is 6.54 Å². The normalized spacial score (nSPS) is 11.2. The van der Waals surface area contributed by atoms with Crippen LogP contribution in [0, 0.1) is 13.8 Å². The second kappa shape index (κ2) is 11.3. The van der Waals surface area contributed by atoms with Gasteiger partial charge >= 0.3 is 0 Å². The number of benzene rings is 2. The first-order valence-electron chi connectivity index (χ1n) is 10.2. The number of halogens is 1. The fourth-order valence-corrected chi connectivity index (χ4v) is 4.26. The van der Waals surface area contributed by atoms with Crippen molar-refractivity contribution >= 4 is 51.1 Å². The molecule has 0 aliphatic rings. The molecule has 0 radical (unpaired) electrons. The molecule has 0 N–H and O–H groups in total. The number of aryl methyl sites for hydroxylation is 2. The van der Waals surface area contributed by atoms with E-state index < -0.39 is 0 Å². The lowest BCUT2D eigenvalue weighted by Gasteiger charge is -2.23. The van der Waals surface area contributed by atoms with Gasteiger partial charge in [0.15, 0.2) is 5.13 Å². The van der Waals surface area contributed by atoms with E-state index >= 15 is 0 Å². The molecule has 0 aliphatic heterocycles. The third-order valence-electron chi connectivity index (χ3n) is 5.24. The van der Waals surface area contributed by atoms with E-state index in [4.69, 9.17) is 4.98 Å². The lowest BCUT2D eigenvalue weighted by Crippen LogP contribution is -2.38. The largest absolute Gasteiger partial charge is 0.302 e. The minimum Gasteiger partial charge on any atom is -0.302 e. The highest BCUT2D eigenvalue weighted by Gasteiger charge is 2.19. The zero-order valence-corrected chi connectivity index (χ0v) is 19.7. The molecule has 0 saturated carbocycles. The Bertz CT molecular complexity index is 957. The number of hydrogen-bond acceptors (Lipinski definition) is 4. The molecule has 0 saturated heterocycles. The summed E-state index contributed by atoms with van der Waals surface area (Å²) in [7, 11) is 0. The number of amides is 1. The molecule has 0 bridgehead atoms.